The Kier molecular flexibility index (Phi) is 3.24. The van der Waals surface area contributed by atoms with Crippen LogP contribution >= 0.6 is 0 Å². The third-order valence-corrected chi connectivity index (χ3v) is 1.75. The number of carbonyl (C=O) groups excluding carboxylic acids is 2. The van der Waals surface area contributed by atoms with E-state index in [1.165, 1.54) is 24.3 Å². The molecule has 0 fully saturated rings. The summed E-state index contributed by atoms with van der Waals surface area (Å²) in [5.74, 6) is -2.53. The molecule has 1 aromatic rings. The lowest BCUT2D eigenvalue weighted by Gasteiger charge is -1.99. The van der Waals surface area contributed by atoms with Crippen molar-refractivity contribution in [2.75, 3.05) is 0 Å². The maximum atomic E-state index is 11.9. The minimum Gasteiger partial charge on any atom is -0.293 e. The van der Waals surface area contributed by atoms with Crippen molar-refractivity contribution in [2.45, 2.75) is 12.6 Å². The molecular formula is C10H8F3O2+. The van der Waals surface area contributed by atoms with Crippen LogP contribution in [-0.2, 0) is 0 Å². The van der Waals surface area contributed by atoms with E-state index in [-0.39, 0.29) is 5.56 Å². The molecule has 0 aromatic heterocycles. The molecule has 0 heterocycles. The van der Waals surface area contributed by atoms with Gasteiger partial charge in [-0.3, -0.25) is 9.59 Å². The molecule has 2 nitrogen and oxygen atoms in total. The molecule has 0 spiro atoms. The highest BCUT2D eigenvalue weighted by Gasteiger charge is 2.45. The van der Waals surface area contributed by atoms with Crippen LogP contribution in [0.5, 0.6) is 0 Å². The Labute approximate surface area is 83.7 Å². The van der Waals surface area contributed by atoms with Gasteiger partial charge in [-0.25, -0.2) is 0 Å². The van der Waals surface area contributed by atoms with Crippen molar-refractivity contribution in [1.29, 1.82) is 0 Å². The number of rotatable bonds is 3. The molecule has 1 N–H and O–H groups in total. The predicted octanol–water partition coefficient (Wildman–Crippen LogP) is 2.37. The van der Waals surface area contributed by atoms with Crippen LogP contribution < -0.4 is 0 Å². The van der Waals surface area contributed by atoms with Crippen molar-refractivity contribution in [1.82, 2.24) is 0 Å². The zero-order valence-electron chi connectivity index (χ0n) is 7.58. The molecule has 15 heavy (non-hydrogen) atoms. The maximum Gasteiger partial charge on any atom is 0.504 e. The summed E-state index contributed by atoms with van der Waals surface area (Å²) >= 11 is 0. The van der Waals surface area contributed by atoms with Gasteiger partial charge >= 0.3 is 12.0 Å². The molecular weight excluding hydrogens is 209 g/mol. The van der Waals surface area contributed by atoms with Crippen LogP contribution in [0.1, 0.15) is 16.8 Å². The molecule has 0 radical (unpaired) electrons. The predicted molar refractivity (Wildman–Crippen MR) is 48.4 cm³/mol. The molecule has 0 saturated carbocycles. The molecule has 0 bridgehead atoms. The fourth-order valence-corrected chi connectivity index (χ4v) is 0.978. The molecule has 0 aliphatic heterocycles. The first-order valence-corrected chi connectivity index (χ1v) is 4.11. The number of carbonyl (C=O) groups is 1. The lowest BCUT2D eigenvalue weighted by atomic mass is 10.1. The van der Waals surface area contributed by atoms with Crippen LogP contribution in [0.25, 0.3) is 0 Å². The van der Waals surface area contributed by atoms with Crippen molar-refractivity contribution < 1.29 is 22.8 Å². The molecule has 1 aromatic carbocycles. The molecule has 0 aliphatic carbocycles. The van der Waals surface area contributed by atoms with Crippen molar-refractivity contribution in [3.05, 3.63) is 35.9 Å². The van der Waals surface area contributed by atoms with Crippen molar-refractivity contribution in [2.24, 2.45) is 0 Å². The Morgan fingerprint density at radius 2 is 1.73 bits per heavy atom. The molecule has 1 rings (SSSR count). The van der Waals surface area contributed by atoms with Gasteiger partial charge in [0.15, 0.2) is 5.78 Å². The summed E-state index contributed by atoms with van der Waals surface area (Å²) in [7, 11) is 0. The van der Waals surface area contributed by atoms with Crippen molar-refractivity contribution >= 4 is 11.6 Å². The normalized spacial score (nSPS) is 11.1. The van der Waals surface area contributed by atoms with Gasteiger partial charge in [-0.05, 0) is 0 Å². The van der Waals surface area contributed by atoms with Crippen LogP contribution in [0.15, 0.2) is 30.3 Å². The minimum absolute atomic E-state index is 0.147. The summed E-state index contributed by atoms with van der Waals surface area (Å²) in [5.41, 5.74) is 0.147. The fourth-order valence-electron chi connectivity index (χ4n) is 0.978. The number of hydrogen-bond acceptors (Lipinski definition) is 1. The van der Waals surface area contributed by atoms with Gasteiger partial charge in [-0.1, -0.05) is 30.3 Å². The van der Waals surface area contributed by atoms with Gasteiger partial charge in [0.25, 0.3) is 0 Å². The third kappa shape index (κ3) is 3.19. The van der Waals surface area contributed by atoms with Gasteiger partial charge in [-0.15, -0.1) is 0 Å². The Balaban J connectivity index is 2.70. The van der Waals surface area contributed by atoms with Crippen LogP contribution in [0.3, 0.4) is 0 Å². The average Bonchev–Trinajstić information content (AvgIpc) is 2.17. The smallest absolute Gasteiger partial charge is 0.293 e. The highest BCUT2D eigenvalue weighted by molar-refractivity contribution is 6.09. The second-order valence-electron chi connectivity index (χ2n) is 2.91. The van der Waals surface area contributed by atoms with Crippen molar-refractivity contribution in [3.8, 4) is 0 Å². The van der Waals surface area contributed by atoms with E-state index in [1.807, 2.05) is 0 Å². The first-order valence-electron chi connectivity index (χ1n) is 4.11. The molecule has 0 amide bonds. The number of benzene rings is 1. The Bertz CT molecular complexity index is 368. The maximum absolute atomic E-state index is 11.9. The van der Waals surface area contributed by atoms with Gasteiger partial charge in [0.2, 0.25) is 0 Å². The second-order valence-corrected chi connectivity index (χ2v) is 2.91. The number of ketones is 2. The molecule has 0 saturated heterocycles. The SMILES string of the molecule is O=C(CC(=[OH+])C(F)(F)F)c1ccccc1. The topological polar surface area (TPSA) is 38.5 Å². The van der Waals surface area contributed by atoms with Gasteiger partial charge in [0, 0.05) is 5.56 Å². The fraction of sp³-hybridized carbons (Fsp3) is 0.200. The monoisotopic (exact) mass is 217 g/mol. The second kappa shape index (κ2) is 4.25. The van der Waals surface area contributed by atoms with E-state index in [0.717, 1.165) is 0 Å². The molecule has 5 heteroatoms. The van der Waals surface area contributed by atoms with Crippen LogP contribution in [0.2, 0.25) is 0 Å². The van der Waals surface area contributed by atoms with Crippen LogP contribution in [0, 0.1) is 0 Å². The average molecular weight is 217 g/mol. The van der Waals surface area contributed by atoms with E-state index in [4.69, 9.17) is 4.79 Å². The van der Waals surface area contributed by atoms with Crippen molar-refractivity contribution in [3.63, 3.8) is 0 Å². The Morgan fingerprint density at radius 1 is 1.20 bits per heavy atom. The largest absolute Gasteiger partial charge is 0.504 e. The van der Waals surface area contributed by atoms with E-state index in [1.54, 1.807) is 6.07 Å². The van der Waals surface area contributed by atoms with Crippen LogP contribution in [-0.4, -0.2) is 22.5 Å². The number of halogens is 3. The quantitative estimate of drug-likeness (QED) is 0.435. The van der Waals surface area contributed by atoms with E-state index in [9.17, 15) is 18.0 Å². The molecule has 80 valence electrons. The van der Waals surface area contributed by atoms with E-state index < -0.39 is 24.2 Å². The molecule has 0 aliphatic rings. The molecule has 0 atom stereocenters. The summed E-state index contributed by atoms with van der Waals surface area (Å²) in [6.45, 7) is 0. The van der Waals surface area contributed by atoms with Gasteiger partial charge in [-0.2, -0.15) is 13.2 Å². The Hall–Kier alpha value is -1.65. The first-order chi connectivity index (χ1) is 6.91. The van der Waals surface area contributed by atoms with E-state index in [0.29, 0.717) is 0 Å². The standard InChI is InChI=1S/C10H7F3O2/c11-10(12,13)9(15)6-8(14)7-4-2-1-3-5-7/h1-5H,6H2/p+1. The van der Waals surface area contributed by atoms with E-state index >= 15 is 0 Å². The van der Waals surface area contributed by atoms with Crippen LogP contribution in [0.4, 0.5) is 13.2 Å². The highest BCUT2D eigenvalue weighted by atomic mass is 19.4. The molecule has 0 unspecified atom stereocenters. The first kappa shape index (κ1) is 11.4. The number of alkyl halides is 3. The zero-order valence-corrected chi connectivity index (χ0v) is 7.58. The Morgan fingerprint density at radius 3 is 2.20 bits per heavy atom. The summed E-state index contributed by atoms with van der Waals surface area (Å²) in [6, 6.07) is 7.51. The summed E-state index contributed by atoms with van der Waals surface area (Å²) in [6.07, 6.45) is -5.85. The summed E-state index contributed by atoms with van der Waals surface area (Å²) in [4.78, 5) is 19.8. The minimum atomic E-state index is -4.83. The summed E-state index contributed by atoms with van der Waals surface area (Å²) < 4.78 is 35.7. The number of Topliss-reactive ketones (excluding diaryl/α,β-unsaturated/α-hetero) is 1. The third-order valence-electron chi connectivity index (χ3n) is 1.75. The van der Waals surface area contributed by atoms with Gasteiger partial charge in [0.05, 0.1) is 0 Å². The highest BCUT2D eigenvalue weighted by Crippen LogP contribution is 2.18. The van der Waals surface area contributed by atoms with Gasteiger partial charge in [0.1, 0.15) is 6.42 Å². The number of hydrogen-bond donors (Lipinski definition) is 0. The zero-order chi connectivity index (χ0) is 11.5. The lowest BCUT2D eigenvalue weighted by molar-refractivity contribution is -0.0660. The summed E-state index contributed by atoms with van der Waals surface area (Å²) in [5, 5.41) is 0. The van der Waals surface area contributed by atoms with E-state index in [2.05, 4.69) is 0 Å². The van der Waals surface area contributed by atoms with Gasteiger partial charge < -0.3 is 0 Å². The lowest BCUT2D eigenvalue weighted by Crippen LogP contribution is -2.25.